The van der Waals surface area contributed by atoms with E-state index in [1.807, 2.05) is 13.8 Å². The summed E-state index contributed by atoms with van der Waals surface area (Å²) >= 11 is 0. The van der Waals surface area contributed by atoms with Crippen LogP contribution >= 0.6 is 0 Å². The number of fused-ring (bicyclic) bond motifs is 1. The van der Waals surface area contributed by atoms with Gasteiger partial charge in [-0.2, -0.15) is 0 Å². The van der Waals surface area contributed by atoms with Gasteiger partial charge >= 0.3 is 5.97 Å². The zero-order chi connectivity index (χ0) is 14.0. The van der Waals surface area contributed by atoms with E-state index < -0.39 is 0 Å². The van der Waals surface area contributed by atoms with Gasteiger partial charge in [0.05, 0.1) is 24.2 Å². The third kappa shape index (κ3) is 4.20. The highest BCUT2D eigenvalue weighted by molar-refractivity contribution is 5.75. The molecule has 0 spiro atoms. The van der Waals surface area contributed by atoms with Crippen LogP contribution in [-0.2, 0) is 14.3 Å². The van der Waals surface area contributed by atoms with Crippen LogP contribution in [0.3, 0.4) is 0 Å². The summed E-state index contributed by atoms with van der Waals surface area (Å²) in [4.78, 5) is 12.2. The first kappa shape index (κ1) is 14.8. The van der Waals surface area contributed by atoms with E-state index in [0.29, 0.717) is 30.7 Å². The second-order valence-electron chi connectivity index (χ2n) is 7.31. The predicted octanol–water partition coefficient (Wildman–Crippen LogP) is 3.56. The Hall–Kier alpha value is -0.570. The summed E-state index contributed by atoms with van der Waals surface area (Å²) in [5, 5.41) is 0. The summed E-state index contributed by atoms with van der Waals surface area (Å²) in [7, 11) is 0. The Morgan fingerprint density at radius 2 is 2.05 bits per heavy atom. The summed E-state index contributed by atoms with van der Waals surface area (Å²) in [5.41, 5.74) is -0.350. The fraction of sp³-hybridized carbons (Fsp3) is 0.938. The molecule has 1 aliphatic carbocycles. The van der Waals surface area contributed by atoms with E-state index in [1.165, 1.54) is 0 Å². The monoisotopic (exact) mass is 268 g/mol. The molecule has 0 amide bonds. The minimum atomic E-state index is -0.350. The molecule has 0 N–H and O–H groups in total. The normalized spacial score (nSPS) is 30.1. The maximum atomic E-state index is 12.2. The van der Waals surface area contributed by atoms with E-state index in [1.54, 1.807) is 0 Å². The summed E-state index contributed by atoms with van der Waals surface area (Å²) in [6.07, 6.45) is 6.32. The molecule has 110 valence electrons. The van der Waals surface area contributed by atoms with Crippen molar-refractivity contribution in [1.29, 1.82) is 0 Å². The van der Waals surface area contributed by atoms with Gasteiger partial charge in [-0.3, -0.25) is 4.79 Å². The summed E-state index contributed by atoms with van der Waals surface area (Å²) in [5.74, 6) is 1.11. The Labute approximate surface area is 117 Å². The Morgan fingerprint density at radius 1 is 1.32 bits per heavy atom. The molecule has 1 aliphatic heterocycles. The van der Waals surface area contributed by atoms with Gasteiger partial charge in [-0.1, -0.05) is 13.8 Å². The Kier molecular flexibility index (Phi) is 4.54. The van der Waals surface area contributed by atoms with Crippen molar-refractivity contribution >= 4 is 5.97 Å². The molecular formula is C16H28O3. The largest absolute Gasteiger partial charge is 0.465 e. The average Bonchev–Trinajstić information content (AvgIpc) is 3.11. The fourth-order valence-electron chi connectivity index (χ4n) is 2.78. The third-order valence-electron chi connectivity index (χ3n) is 4.46. The second kappa shape index (κ2) is 5.82. The number of ether oxygens (including phenoxy) is 2. The van der Waals surface area contributed by atoms with Crippen LogP contribution in [0.25, 0.3) is 0 Å². The van der Waals surface area contributed by atoms with E-state index in [0.717, 1.165) is 32.1 Å². The molecule has 0 bridgehead atoms. The number of rotatable bonds is 6. The Morgan fingerprint density at radius 3 is 2.68 bits per heavy atom. The molecule has 1 heterocycles. The molecule has 3 atom stereocenters. The van der Waals surface area contributed by atoms with Gasteiger partial charge in [0.1, 0.15) is 0 Å². The molecule has 2 aliphatic rings. The first-order valence-corrected chi connectivity index (χ1v) is 7.71. The molecule has 3 nitrogen and oxygen atoms in total. The number of epoxide rings is 1. The van der Waals surface area contributed by atoms with E-state index in [4.69, 9.17) is 9.47 Å². The molecule has 0 aromatic heterocycles. The van der Waals surface area contributed by atoms with Crippen LogP contribution < -0.4 is 0 Å². The van der Waals surface area contributed by atoms with Crippen molar-refractivity contribution < 1.29 is 14.3 Å². The van der Waals surface area contributed by atoms with Gasteiger partial charge in [0, 0.05) is 0 Å². The van der Waals surface area contributed by atoms with Gasteiger partial charge in [-0.15, -0.1) is 0 Å². The van der Waals surface area contributed by atoms with Crippen molar-refractivity contribution in [2.24, 2.45) is 17.3 Å². The lowest BCUT2D eigenvalue weighted by atomic mass is 9.85. The minimum Gasteiger partial charge on any atom is -0.465 e. The van der Waals surface area contributed by atoms with Crippen molar-refractivity contribution in [1.82, 2.24) is 0 Å². The summed E-state index contributed by atoms with van der Waals surface area (Å²) < 4.78 is 11.1. The topological polar surface area (TPSA) is 38.8 Å². The first-order valence-electron chi connectivity index (χ1n) is 7.71. The third-order valence-corrected chi connectivity index (χ3v) is 4.46. The second-order valence-corrected chi connectivity index (χ2v) is 7.31. The average molecular weight is 268 g/mol. The quantitative estimate of drug-likeness (QED) is 0.546. The molecule has 0 radical (unpaired) electrons. The zero-order valence-corrected chi connectivity index (χ0v) is 12.8. The highest BCUT2D eigenvalue weighted by Gasteiger charge is 2.44. The molecule has 2 fully saturated rings. The van der Waals surface area contributed by atoms with Gasteiger partial charge < -0.3 is 9.47 Å². The molecule has 3 unspecified atom stereocenters. The van der Waals surface area contributed by atoms with Gasteiger partial charge in [0.15, 0.2) is 0 Å². The van der Waals surface area contributed by atoms with Gasteiger partial charge in [0.25, 0.3) is 0 Å². The summed E-state index contributed by atoms with van der Waals surface area (Å²) in [6, 6.07) is 0. The number of hydrogen-bond donors (Lipinski definition) is 0. The minimum absolute atomic E-state index is 0.0352. The van der Waals surface area contributed by atoms with Crippen LogP contribution in [0.2, 0.25) is 0 Å². The molecule has 3 heteroatoms. The van der Waals surface area contributed by atoms with Crippen LogP contribution in [0.1, 0.15) is 59.8 Å². The van der Waals surface area contributed by atoms with Crippen molar-refractivity contribution in [3.05, 3.63) is 0 Å². The number of esters is 1. The SMILES string of the molecule is CC(C)CCC(C)(C)C(=O)OCC1CCC2OC2C1. The van der Waals surface area contributed by atoms with Crippen molar-refractivity contribution in [3.63, 3.8) is 0 Å². The number of carbonyl (C=O) groups excluding carboxylic acids is 1. The molecule has 1 saturated carbocycles. The lowest BCUT2D eigenvalue weighted by molar-refractivity contribution is -0.156. The standard InChI is InChI=1S/C16H28O3/c1-11(2)7-8-16(3,4)15(17)18-10-12-5-6-13-14(9-12)19-13/h11-14H,5-10H2,1-4H3. The predicted molar refractivity (Wildman–Crippen MR) is 74.8 cm³/mol. The van der Waals surface area contributed by atoms with E-state index in [-0.39, 0.29) is 11.4 Å². The maximum absolute atomic E-state index is 12.2. The first-order chi connectivity index (χ1) is 8.88. The molecule has 1 saturated heterocycles. The maximum Gasteiger partial charge on any atom is 0.311 e. The van der Waals surface area contributed by atoms with Crippen LogP contribution in [0.5, 0.6) is 0 Å². The zero-order valence-electron chi connectivity index (χ0n) is 12.8. The highest BCUT2D eigenvalue weighted by atomic mass is 16.6. The number of carbonyl (C=O) groups is 1. The van der Waals surface area contributed by atoms with E-state index in [2.05, 4.69) is 13.8 Å². The molecular weight excluding hydrogens is 240 g/mol. The highest BCUT2D eigenvalue weighted by Crippen LogP contribution is 2.39. The fourth-order valence-corrected chi connectivity index (χ4v) is 2.78. The molecule has 2 rings (SSSR count). The molecule has 0 aromatic carbocycles. The van der Waals surface area contributed by atoms with Crippen molar-refractivity contribution in [2.45, 2.75) is 72.0 Å². The van der Waals surface area contributed by atoms with Gasteiger partial charge in [0.2, 0.25) is 0 Å². The van der Waals surface area contributed by atoms with Gasteiger partial charge in [-0.25, -0.2) is 0 Å². The lowest BCUT2D eigenvalue weighted by Gasteiger charge is -2.25. The van der Waals surface area contributed by atoms with Crippen molar-refractivity contribution in [3.8, 4) is 0 Å². The van der Waals surface area contributed by atoms with Crippen LogP contribution in [0.15, 0.2) is 0 Å². The smallest absolute Gasteiger partial charge is 0.311 e. The summed E-state index contributed by atoms with van der Waals surface area (Å²) in [6.45, 7) is 8.96. The number of hydrogen-bond acceptors (Lipinski definition) is 3. The van der Waals surface area contributed by atoms with E-state index >= 15 is 0 Å². The van der Waals surface area contributed by atoms with Crippen LogP contribution in [-0.4, -0.2) is 24.8 Å². The van der Waals surface area contributed by atoms with Crippen molar-refractivity contribution in [2.75, 3.05) is 6.61 Å². The van der Waals surface area contributed by atoms with Crippen LogP contribution in [0, 0.1) is 17.3 Å². The van der Waals surface area contributed by atoms with Crippen LogP contribution in [0.4, 0.5) is 0 Å². The molecule has 19 heavy (non-hydrogen) atoms. The lowest BCUT2D eigenvalue weighted by Crippen LogP contribution is -2.30. The molecule has 0 aromatic rings. The van der Waals surface area contributed by atoms with Gasteiger partial charge in [-0.05, 0) is 57.8 Å². The van der Waals surface area contributed by atoms with E-state index in [9.17, 15) is 4.79 Å². The Balaban J connectivity index is 1.70. The Bertz CT molecular complexity index is 322.